The molecule has 0 aromatic carbocycles. The van der Waals surface area contributed by atoms with Gasteiger partial charge < -0.3 is 10.8 Å². The molecule has 3 N–H and O–H groups in total. The van der Waals surface area contributed by atoms with Crippen LogP contribution in [0.15, 0.2) is 24.5 Å². The number of hydrogen-bond donors (Lipinski definition) is 2. The number of rotatable bonds is 7. The Morgan fingerprint density at radius 2 is 2.41 bits per heavy atom. The van der Waals surface area contributed by atoms with Crippen molar-refractivity contribution in [2.24, 2.45) is 5.73 Å². The van der Waals surface area contributed by atoms with Gasteiger partial charge in [-0.15, -0.1) is 0 Å². The molecule has 0 aliphatic rings. The maximum Gasteiger partial charge on any atom is 0.0789 e. The predicted molar refractivity (Wildman–Crippen MR) is 64.8 cm³/mol. The van der Waals surface area contributed by atoms with Crippen molar-refractivity contribution in [3.63, 3.8) is 0 Å². The summed E-state index contributed by atoms with van der Waals surface area (Å²) in [6.45, 7) is 2.01. The first-order chi connectivity index (χ1) is 8.26. The van der Waals surface area contributed by atoms with Crippen molar-refractivity contribution < 1.29 is 5.11 Å². The zero-order valence-electron chi connectivity index (χ0n) is 9.79. The summed E-state index contributed by atoms with van der Waals surface area (Å²) in [5, 5.41) is 18.1. The first kappa shape index (κ1) is 13.6. The molecule has 1 atom stereocenters. The highest BCUT2D eigenvalue weighted by molar-refractivity contribution is 5.08. The van der Waals surface area contributed by atoms with Gasteiger partial charge in [-0.25, -0.2) is 0 Å². The molecule has 1 unspecified atom stereocenters. The molecule has 0 aliphatic heterocycles. The molecule has 1 heterocycles. The molecule has 0 saturated carbocycles. The molecule has 0 bridgehead atoms. The highest BCUT2D eigenvalue weighted by Gasteiger charge is 2.10. The number of nitriles is 1. The van der Waals surface area contributed by atoms with Crippen LogP contribution in [-0.4, -0.2) is 40.7 Å². The number of aromatic nitrogens is 1. The topological polar surface area (TPSA) is 86.2 Å². The number of hydrogen-bond acceptors (Lipinski definition) is 5. The average Bonchev–Trinajstić information content (AvgIpc) is 2.37. The fourth-order valence-corrected chi connectivity index (χ4v) is 1.57. The van der Waals surface area contributed by atoms with Crippen molar-refractivity contribution in [1.29, 1.82) is 5.26 Å². The van der Waals surface area contributed by atoms with E-state index in [1.54, 1.807) is 12.4 Å². The van der Waals surface area contributed by atoms with E-state index >= 15 is 0 Å². The summed E-state index contributed by atoms with van der Waals surface area (Å²) in [5.74, 6) is 0. The third kappa shape index (κ3) is 5.41. The Morgan fingerprint density at radius 1 is 1.59 bits per heavy atom. The van der Waals surface area contributed by atoms with Gasteiger partial charge in [0.2, 0.25) is 0 Å². The summed E-state index contributed by atoms with van der Waals surface area (Å²) in [4.78, 5) is 6.05. The van der Waals surface area contributed by atoms with Gasteiger partial charge in [-0.2, -0.15) is 5.26 Å². The molecule has 0 saturated heterocycles. The van der Waals surface area contributed by atoms with Crippen LogP contribution in [0.1, 0.15) is 12.0 Å². The van der Waals surface area contributed by atoms with Gasteiger partial charge in [-0.3, -0.25) is 9.88 Å². The highest BCUT2D eigenvalue weighted by Crippen LogP contribution is 2.04. The first-order valence-electron chi connectivity index (χ1n) is 5.62. The van der Waals surface area contributed by atoms with Gasteiger partial charge in [0.1, 0.15) is 0 Å². The van der Waals surface area contributed by atoms with Gasteiger partial charge in [0.05, 0.1) is 12.2 Å². The monoisotopic (exact) mass is 234 g/mol. The largest absolute Gasteiger partial charge is 0.390 e. The standard InChI is InChI=1S/C12H18N4O/c13-4-2-6-16(10-12(17)7-14)9-11-3-1-5-15-8-11/h1,3,5,8,12,17H,2,6-7,9-10,14H2. The summed E-state index contributed by atoms with van der Waals surface area (Å²) < 4.78 is 0. The Balaban J connectivity index is 2.54. The zero-order chi connectivity index (χ0) is 12.5. The van der Waals surface area contributed by atoms with E-state index in [-0.39, 0.29) is 6.54 Å². The average molecular weight is 234 g/mol. The molecule has 1 aromatic rings. The van der Waals surface area contributed by atoms with Crippen LogP contribution in [0, 0.1) is 11.3 Å². The third-order valence-electron chi connectivity index (χ3n) is 2.41. The molecular formula is C12H18N4O. The maximum atomic E-state index is 9.54. The fourth-order valence-electron chi connectivity index (χ4n) is 1.57. The molecule has 5 nitrogen and oxygen atoms in total. The summed E-state index contributed by atoms with van der Waals surface area (Å²) in [5.41, 5.74) is 6.45. The number of nitrogens with zero attached hydrogens (tertiary/aromatic N) is 3. The molecule has 0 amide bonds. The van der Waals surface area contributed by atoms with Crippen LogP contribution in [0.3, 0.4) is 0 Å². The Hall–Kier alpha value is -1.48. The molecule has 17 heavy (non-hydrogen) atoms. The normalized spacial score (nSPS) is 12.4. The Bertz CT molecular complexity index is 349. The second-order valence-electron chi connectivity index (χ2n) is 3.89. The van der Waals surface area contributed by atoms with E-state index in [1.807, 2.05) is 17.0 Å². The van der Waals surface area contributed by atoms with Crippen LogP contribution in [0.4, 0.5) is 0 Å². The van der Waals surface area contributed by atoms with Crippen LogP contribution in [-0.2, 0) is 6.54 Å². The van der Waals surface area contributed by atoms with Crippen molar-refractivity contribution >= 4 is 0 Å². The Labute approximate surface area is 101 Å². The second-order valence-corrected chi connectivity index (χ2v) is 3.89. The molecule has 5 heteroatoms. The minimum absolute atomic E-state index is 0.232. The molecule has 0 spiro atoms. The van der Waals surface area contributed by atoms with E-state index in [1.165, 1.54) is 0 Å². The van der Waals surface area contributed by atoms with Gasteiger partial charge in [0.25, 0.3) is 0 Å². The quantitative estimate of drug-likeness (QED) is 0.699. The summed E-state index contributed by atoms with van der Waals surface area (Å²) >= 11 is 0. The van der Waals surface area contributed by atoms with Crippen LogP contribution < -0.4 is 5.73 Å². The minimum Gasteiger partial charge on any atom is -0.390 e. The summed E-state index contributed by atoms with van der Waals surface area (Å²) in [6, 6.07) is 5.95. The Morgan fingerprint density at radius 3 is 3.00 bits per heavy atom. The van der Waals surface area contributed by atoms with Crippen molar-refractivity contribution in [1.82, 2.24) is 9.88 Å². The molecule has 1 rings (SSSR count). The third-order valence-corrected chi connectivity index (χ3v) is 2.41. The first-order valence-corrected chi connectivity index (χ1v) is 5.62. The SMILES string of the molecule is N#CCCN(Cc1cccnc1)CC(O)CN. The number of nitrogens with two attached hydrogens (primary N) is 1. The van der Waals surface area contributed by atoms with Crippen LogP contribution in [0.5, 0.6) is 0 Å². The zero-order valence-corrected chi connectivity index (χ0v) is 9.79. The van der Waals surface area contributed by atoms with E-state index in [0.29, 0.717) is 26.1 Å². The highest BCUT2D eigenvalue weighted by atomic mass is 16.3. The number of aliphatic hydroxyl groups excluding tert-OH is 1. The van der Waals surface area contributed by atoms with E-state index < -0.39 is 6.10 Å². The summed E-state index contributed by atoms with van der Waals surface area (Å²) in [7, 11) is 0. The molecule has 0 radical (unpaired) electrons. The lowest BCUT2D eigenvalue weighted by atomic mass is 10.2. The van der Waals surface area contributed by atoms with E-state index in [9.17, 15) is 5.11 Å². The second kappa shape index (κ2) is 7.74. The molecule has 1 aromatic heterocycles. The van der Waals surface area contributed by atoms with Crippen molar-refractivity contribution in [3.05, 3.63) is 30.1 Å². The Kier molecular flexibility index (Phi) is 6.18. The molecule has 0 aliphatic carbocycles. The predicted octanol–water partition coefficient (Wildman–Crippen LogP) is 0.117. The fraction of sp³-hybridized carbons (Fsp3) is 0.500. The lowest BCUT2D eigenvalue weighted by Crippen LogP contribution is -2.36. The van der Waals surface area contributed by atoms with E-state index in [2.05, 4.69) is 11.1 Å². The van der Waals surface area contributed by atoms with E-state index in [0.717, 1.165) is 5.56 Å². The van der Waals surface area contributed by atoms with Gasteiger partial charge in [-0.1, -0.05) is 6.07 Å². The molecular weight excluding hydrogens is 216 g/mol. The molecule has 0 fully saturated rings. The van der Waals surface area contributed by atoms with E-state index in [4.69, 9.17) is 11.0 Å². The number of pyridine rings is 1. The van der Waals surface area contributed by atoms with Gasteiger partial charge >= 0.3 is 0 Å². The van der Waals surface area contributed by atoms with Gasteiger partial charge in [0.15, 0.2) is 0 Å². The number of aliphatic hydroxyl groups is 1. The smallest absolute Gasteiger partial charge is 0.0789 e. The van der Waals surface area contributed by atoms with Gasteiger partial charge in [-0.05, 0) is 11.6 Å². The molecule has 92 valence electrons. The van der Waals surface area contributed by atoms with Crippen molar-refractivity contribution in [3.8, 4) is 6.07 Å². The van der Waals surface area contributed by atoms with Crippen LogP contribution in [0.2, 0.25) is 0 Å². The van der Waals surface area contributed by atoms with Gasteiger partial charge in [0, 0.05) is 45.0 Å². The van der Waals surface area contributed by atoms with Crippen molar-refractivity contribution in [2.45, 2.75) is 19.1 Å². The minimum atomic E-state index is -0.551. The lowest BCUT2D eigenvalue weighted by molar-refractivity contribution is 0.116. The maximum absolute atomic E-state index is 9.54. The van der Waals surface area contributed by atoms with Crippen molar-refractivity contribution in [2.75, 3.05) is 19.6 Å². The summed E-state index contributed by atoms with van der Waals surface area (Å²) in [6.07, 6.45) is 3.40. The van der Waals surface area contributed by atoms with Crippen LogP contribution >= 0.6 is 0 Å². The lowest BCUT2D eigenvalue weighted by Gasteiger charge is -2.23. The van der Waals surface area contributed by atoms with Crippen LogP contribution in [0.25, 0.3) is 0 Å².